The van der Waals surface area contributed by atoms with Gasteiger partial charge in [0.15, 0.2) is 0 Å². The fraction of sp³-hybridized carbons (Fsp3) is 0.312. The number of rotatable bonds is 4. The molecule has 0 radical (unpaired) electrons. The number of aromatic nitrogens is 2. The van der Waals surface area contributed by atoms with E-state index in [2.05, 4.69) is 27.1 Å². The number of anilines is 3. The van der Waals surface area contributed by atoms with Crippen LogP contribution in [0.25, 0.3) is 0 Å². The van der Waals surface area contributed by atoms with E-state index in [-0.39, 0.29) is 0 Å². The van der Waals surface area contributed by atoms with Gasteiger partial charge in [-0.1, -0.05) is 17.7 Å². The van der Waals surface area contributed by atoms with Gasteiger partial charge in [0.2, 0.25) is 12.4 Å². The minimum absolute atomic E-state index is 0.583. The standard InChI is InChI=1S/C16H19N5O/c1-13-2-4-14(5-3-13)18-16-17-7-6-15(19-16)21-10-8-20(12-22)9-11-21/h2-7,12H,8-11H2,1H3,(H,17,18,19). The maximum Gasteiger partial charge on any atom is 0.229 e. The molecule has 2 aromatic rings. The summed E-state index contributed by atoms with van der Waals surface area (Å²) in [5.74, 6) is 1.47. The number of benzene rings is 1. The Morgan fingerprint density at radius 3 is 2.50 bits per heavy atom. The van der Waals surface area contributed by atoms with E-state index in [9.17, 15) is 4.79 Å². The molecule has 22 heavy (non-hydrogen) atoms. The lowest BCUT2D eigenvalue weighted by atomic mass is 10.2. The van der Waals surface area contributed by atoms with Crippen molar-refractivity contribution in [1.29, 1.82) is 0 Å². The Kier molecular flexibility index (Phi) is 4.18. The van der Waals surface area contributed by atoms with Crippen molar-refractivity contribution >= 4 is 23.9 Å². The van der Waals surface area contributed by atoms with E-state index < -0.39 is 0 Å². The second-order valence-electron chi connectivity index (χ2n) is 5.36. The molecule has 0 bridgehead atoms. The lowest BCUT2D eigenvalue weighted by Crippen LogP contribution is -2.46. The molecule has 1 aromatic heterocycles. The predicted octanol–water partition coefficient (Wildman–Crippen LogP) is 1.81. The van der Waals surface area contributed by atoms with Gasteiger partial charge >= 0.3 is 0 Å². The molecule has 6 nitrogen and oxygen atoms in total. The lowest BCUT2D eigenvalue weighted by Gasteiger charge is -2.33. The van der Waals surface area contributed by atoms with E-state index in [4.69, 9.17) is 0 Å². The lowest BCUT2D eigenvalue weighted by molar-refractivity contribution is -0.118. The van der Waals surface area contributed by atoms with Crippen molar-refractivity contribution in [2.75, 3.05) is 36.4 Å². The van der Waals surface area contributed by atoms with Crippen LogP contribution in [0.3, 0.4) is 0 Å². The fourth-order valence-electron chi connectivity index (χ4n) is 2.41. The van der Waals surface area contributed by atoms with Gasteiger partial charge in [-0.05, 0) is 25.1 Å². The number of carbonyl (C=O) groups excluding carboxylic acids is 1. The van der Waals surface area contributed by atoms with Crippen molar-refractivity contribution in [3.63, 3.8) is 0 Å². The van der Waals surface area contributed by atoms with E-state index in [0.29, 0.717) is 5.95 Å². The predicted molar refractivity (Wildman–Crippen MR) is 86.3 cm³/mol. The molecule has 1 amide bonds. The Balaban J connectivity index is 1.70. The highest BCUT2D eigenvalue weighted by atomic mass is 16.1. The molecule has 0 spiro atoms. The highest BCUT2D eigenvalue weighted by molar-refractivity contribution is 5.55. The number of nitrogens with one attached hydrogen (secondary N) is 1. The Hall–Kier alpha value is -2.63. The Bertz CT molecular complexity index is 635. The molecular formula is C16H19N5O. The normalized spacial score (nSPS) is 14.8. The van der Waals surface area contributed by atoms with Gasteiger partial charge in [-0.3, -0.25) is 4.79 Å². The minimum Gasteiger partial charge on any atom is -0.353 e. The van der Waals surface area contributed by atoms with Crippen LogP contribution in [-0.4, -0.2) is 47.5 Å². The van der Waals surface area contributed by atoms with Crippen molar-refractivity contribution in [2.45, 2.75) is 6.92 Å². The van der Waals surface area contributed by atoms with Crippen molar-refractivity contribution < 1.29 is 4.79 Å². The summed E-state index contributed by atoms with van der Waals surface area (Å²) < 4.78 is 0. The third kappa shape index (κ3) is 3.33. The van der Waals surface area contributed by atoms with E-state index in [1.165, 1.54) is 5.56 Å². The van der Waals surface area contributed by atoms with Crippen molar-refractivity contribution in [3.05, 3.63) is 42.1 Å². The van der Waals surface area contributed by atoms with Gasteiger partial charge in [0, 0.05) is 38.1 Å². The molecule has 6 heteroatoms. The second-order valence-corrected chi connectivity index (χ2v) is 5.36. The topological polar surface area (TPSA) is 61.4 Å². The average Bonchev–Trinajstić information content (AvgIpc) is 2.57. The molecule has 0 saturated carbocycles. The SMILES string of the molecule is Cc1ccc(Nc2nccc(N3CCN(C=O)CC3)n2)cc1. The minimum atomic E-state index is 0.583. The summed E-state index contributed by atoms with van der Waals surface area (Å²) in [7, 11) is 0. The first kappa shape index (κ1) is 14.3. The number of aryl methyl sites for hydroxylation is 1. The molecule has 0 aliphatic carbocycles. The second kappa shape index (κ2) is 6.43. The Morgan fingerprint density at radius 2 is 1.82 bits per heavy atom. The molecule has 0 unspecified atom stereocenters. The number of hydrogen-bond acceptors (Lipinski definition) is 5. The summed E-state index contributed by atoms with van der Waals surface area (Å²) in [5.41, 5.74) is 2.18. The van der Waals surface area contributed by atoms with E-state index >= 15 is 0 Å². The van der Waals surface area contributed by atoms with Gasteiger partial charge in [-0.15, -0.1) is 0 Å². The van der Waals surface area contributed by atoms with Gasteiger partial charge in [0.25, 0.3) is 0 Å². The van der Waals surface area contributed by atoms with Crippen molar-refractivity contribution in [1.82, 2.24) is 14.9 Å². The molecule has 1 aliphatic rings. The van der Waals surface area contributed by atoms with Crippen LogP contribution in [0.4, 0.5) is 17.5 Å². The number of amides is 1. The van der Waals surface area contributed by atoms with Crippen molar-refractivity contribution in [2.24, 2.45) is 0 Å². The van der Waals surface area contributed by atoms with E-state index in [0.717, 1.165) is 44.1 Å². The highest BCUT2D eigenvalue weighted by Gasteiger charge is 2.17. The molecule has 3 rings (SSSR count). The Labute approximate surface area is 129 Å². The number of hydrogen-bond donors (Lipinski definition) is 1. The monoisotopic (exact) mass is 297 g/mol. The van der Waals surface area contributed by atoms with Crippen LogP contribution in [-0.2, 0) is 4.79 Å². The van der Waals surface area contributed by atoms with Gasteiger partial charge in [-0.2, -0.15) is 4.98 Å². The summed E-state index contributed by atoms with van der Waals surface area (Å²) >= 11 is 0. The zero-order chi connectivity index (χ0) is 15.4. The van der Waals surface area contributed by atoms with Crippen molar-refractivity contribution in [3.8, 4) is 0 Å². The van der Waals surface area contributed by atoms with Crippen LogP contribution < -0.4 is 10.2 Å². The molecular weight excluding hydrogens is 278 g/mol. The summed E-state index contributed by atoms with van der Waals surface area (Å²) in [6, 6.07) is 10.0. The molecule has 1 N–H and O–H groups in total. The summed E-state index contributed by atoms with van der Waals surface area (Å²) in [4.78, 5) is 23.5. The van der Waals surface area contributed by atoms with Gasteiger partial charge in [0.1, 0.15) is 5.82 Å². The maximum absolute atomic E-state index is 10.8. The third-order valence-corrected chi connectivity index (χ3v) is 3.74. The van der Waals surface area contributed by atoms with E-state index in [1.807, 2.05) is 30.3 Å². The van der Waals surface area contributed by atoms with Gasteiger partial charge in [0.05, 0.1) is 0 Å². The third-order valence-electron chi connectivity index (χ3n) is 3.74. The zero-order valence-electron chi connectivity index (χ0n) is 12.6. The van der Waals surface area contributed by atoms with Gasteiger partial charge in [-0.25, -0.2) is 4.98 Å². The zero-order valence-corrected chi connectivity index (χ0v) is 12.6. The van der Waals surface area contributed by atoms with Crippen LogP contribution in [0.15, 0.2) is 36.5 Å². The molecule has 1 aromatic carbocycles. The molecule has 0 atom stereocenters. The molecule has 1 fully saturated rings. The number of piperazine rings is 1. The summed E-state index contributed by atoms with van der Waals surface area (Å²) in [6.07, 6.45) is 2.66. The maximum atomic E-state index is 10.8. The first-order chi connectivity index (χ1) is 10.7. The largest absolute Gasteiger partial charge is 0.353 e. The smallest absolute Gasteiger partial charge is 0.229 e. The first-order valence-corrected chi connectivity index (χ1v) is 7.35. The Morgan fingerprint density at radius 1 is 1.09 bits per heavy atom. The van der Waals surface area contributed by atoms with Crippen LogP contribution in [0.2, 0.25) is 0 Å². The van der Waals surface area contributed by atoms with E-state index in [1.54, 1.807) is 11.1 Å². The van der Waals surface area contributed by atoms with Crippen LogP contribution in [0.5, 0.6) is 0 Å². The fourth-order valence-corrected chi connectivity index (χ4v) is 2.41. The summed E-state index contributed by atoms with van der Waals surface area (Å²) in [5, 5.41) is 3.22. The molecule has 2 heterocycles. The van der Waals surface area contributed by atoms with Crippen LogP contribution in [0, 0.1) is 6.92 Å². The van der Waals surface area contributed by atoms with Crippen LogP contribution >= 0.6 is 0 Å². The molecule has 1 aliphatic heterocycles. The van der Waals surface area contributed by atoms with Gasteiger partial charge < -0.3 is 15.1 Å². The number of nitrogens with zero attached hydrogens (tertiary/aromatic N) is 4. The highest BCUT2D eigenvalue weighted by Crippen LogP contribution is 2.17. The molecule has 1 saturated heterocycles. The van der Waals surface area contributed by atoms with Crippen LogP contribution in [0.1, 0.15) is 5.56 Å². The quantitative estimate of drug-likeness (QED) is 0.872. The first-order valence-electron chi connectivity index (χ1n) is 7.35. The summed E-state index contributed by atoms with van der Waals surface area (Å²) in [6.45, 7) is 5.10. The molecule has 114 valence electrons. The average molecular weight is 297 g/mol. The number of carbonyl (C=O) groups is 1.